The monoisotopic (exact) mass is 261 g/mol. The van der Waals surface area contributed by atoms with Crippen LogP contribution in [0.3, 0.4) is 0 Å². The van der Waals surface area contributed by atoms with Crippen LogP contribution in [0.4, 0.5) is 18.9 Å². The summed E-state index contributed by atoms with van der Waals surface area (Å²) in [6.07, 6.45) is -2.38. The maximum absolute atomic E-state index is 11.9. The first-order valence-electron chi connectivity index (χ1n) is 6.00. The number of ether oxygens (including phenoxy) is 1. The van der Waals surface area contributed by atoms with Crippen molar-refractivity contribution in [2.45, 2.75) is 33.1 Å². The molecule has 0 fully saturated rings. The fraction of sp³-hybridized carbons (Fsp3) is 0.538. The molecule has 1 aromatic carbocycles. The van der Waals surface area contributed by atoms with Crippen LogP contribution in [-0.4, -0.2) is 12.9 Å². The average molecular weight is 261 g/mol. The van der Waals surface area contributed by atoms with Gasteiger partial charge in [0, 0.05) is 12.2 Å². The summed E-state index contributed by atoms with van der Waals surface area (Å²) >= 11 is 0. The highest BCUT2D eigenvalue weighted by molar-refractivity contribution is 5.46. The van der Waals surface area contributed by atoms with Gasteiger partial charge in [-0.15, -0.1) is 13.2 Å². The van der Waals surface area contributed by atoms with E-state index < -0.39 is 6.36 Å². The Hall–Kier alpha value is -1.39. The summed E-state index contributed by atoms with van der Waals surface area (Å²) < 4.78 is 39.6. The van der Waals surface area contributed by atoms with E-state index in [0.29, 0.717) is 5.92 Å². The third-order valence-corrected chi connectivity index (χ3v) is 2.52. The molecule has 0 saturated carbocycles. The number of alkyl halides is 3. The lowest BCUT2D eigenvalue weighted by molar-refractivity contribution is -0.274. The molecular weight excluding hydrogens is 243 g/mol. The molecule has 0 aliphatic carbocycles. The van der Waals surface area contributed by atoms with Crippen LogP contribution in [0.25, 0.3) is 0 Å². The Kier molecular flexibility index (Phi) is 5.31. The Labute approximate surface area is 105 Å². The highest BCUT2D eigenvalue weighted by Gasteiger charge is 2.30. The molecule has 0 bridgehead atoms. The molecule has 5 heteroatoms. The lowest BCUT2D eigenvalue weighted by atomic mass is 10.1. The molecule has 1 aromatic rings. The zero-order chi connectivity index (χ0) is 13.6. The van der Waals surface area contributed by atoms with Gasteiger partial charge in [0.2, 0.25) is 0 Å². The van der Waals surface area contributed by atoms with Crippen LogP contribution in [0, 0.1) is 5.92 Å². The van der Waals surface area contributed by atoms with Crippen molar-refractivity contribution in [3.05, 3.63) is 24.3 Å². The first kappa shape index (κ1) is 14.7. The largest absolute Gasteiger partial charge is 0.573 e. The topological polar surface area (TPSA) is 21.3 Å². The summed E-state index contributed by atoms with van der Waals surface area (Å²) in [5, 5.41) is 3.18. The van der Waals surface area contributed by atoms with Crippen molar-refractivity contribution < 1.29 is 17.9 Å². The van der Waals surface area contributed by atoms with E-state index >= 15 is 0 Å². The van der Waals surface area contributed by atoms with Gasteiger partial charge in [0.25, 0.3) is 0 Å². The van der Waals surface area contributed by atoms with Crippen molar-refractivity contribution in [2.75, 3.05) is 11.9 Å². The molecule has 1 unspecified atom stereocenters. The zero-order valence-corrected chi connectivity index (χ0v) is 10.6. The number of hydrogen-bond donors (Lipinski definition) is 1. The molecule has 0 radical (unpaired) electrons. The molecule has 0 amide bonds. The zero-order valence-electron chi connectivity index (χ0n) is 10.6. The van der Waals surface area contributed by atoms with Gasteiger partial charge in [-0.2, -0.15) is 0 Å². The Morgan fingerprint density at radius 3 is 2.33 bits per heavy atom. The Morgan fingerprint density at radius 2 is 1.83 bits per heavy atom. The van der Waals surface area contributed by atoms with E-state index in [1.165, 1.54) is 12.1 Å². The van der Waals surface area contributed by atoms with Crippen LogP contribution >= 0.6 is 0 Å². The standard InChI is InChI=1S/C13H18F3NO/c1-3-4-10(2)9-17-11-5-7-12(8-6-11)18-13(14,15)16/h5-8,10,17H,3-4,9H2,1-2H3. The van der Waals surface area contributed by atoms with Crippen LogP contribution in [0.15, 0.2) is 24.3 Å². The molecule has 0 spiro atoms. The number of benzene rings is 1. The molecular formula is C13H18F3NO. The average Bonchev–Trinajstić information content (AvgIpc) is 2.26. The van der Waals surface area contributed by atoms with Gasteiger partial charge in [-0.1, -0.05) is 20.3 Å². The second-order valence-electron chi connectivity index (χ2n) is 4.35. The highest BCUT2D eigenvalue weighted by atomic mass is 19.4. The minimum absolute atomic E-state index is 0.199. The summed E-state index contributed by atoms with van der Waals surface area (Å²) in [5.74, 6) is 0.343. The Balaban J connectivity index is 2.45. The van der Waals surface area contributed by atoms with Gasteiger partial charge in [0.1, 0.15) is 5.75 Å². The predicted octanol–water partition coefficient (Wildman–Crippen LogP) is 4.43. The summed E-state index contributed by atoms with van der Waals surface area (Å²) in [5.41, 5.74) is 0.799. The molecule has 0 saturated heterocycles. The lowest BCUT2D eigenvalue weighted by Gasteiger charge is -2.13. The van der Waals surface area contributed by atoms with Gasteiger partial charge in [0.15, 0.2) is 0 Å². The summed E-state index contributed by atoms with van der Waals surface area (Å²) in [6.45, 7) is 5.07. The Morgan fingerprint density at radius 1 is 1.22 bits per heavy atom. The van der Waals surface area contributed by atoms with Crippen molar-refractivity contribution in [2.24, 2.45) is 5.92 Å². The van der Waals surface area contributed by atoms with E-state index in [4.69, 9.17) is 0 Å². The summed E-state index contributed by atoms with van der Waals surface area (Å²) in [7, 11) is 0. The maximum atomic E-state index is 11.9. The van der Waals surface area contributed by atoms with Crippen LogP contribution in [-0.2, 0) is 0 Å². The van der Waals surface area contributed by atoms with Crippen molar-refractivity contribution in [1.82, 2.24) is 0 Å². The number of anilines is 1. The van der Waals surface area contributed by atoms with Gasteiger partial charge in [0.05, 0.1) is 0 Å². The molecule has 1 atom stereocenters. The summed E-state index contributed by atoms with van der Waals surface area (Å²) in [4.78, 5) is 0. The summed E-state index contributed by atoms with van der Waals surface area (Å²) in [6, 6.07) is 5.78. The van der Waals surface area contributed by atoms with E-state index in [-0.39, 0.29) is 5.75 Å². The van der Waals surface area contributed by atoms with Crippen LogP contribution < -0.4 is 10.1 Å². The van der Waals surface area contributed by atoms with Crippen LogP contribution in [0.2, 0.25) is 0 Å². The van der Waals surface area contributed by atoms with E-state index in [0.717, 1.165) is 25.1 Å². The number of hydrogen-bond acceptors (Lipinski definition) is 2. The molecule has 1 N–H and O–H groups in total. The quantitative estimate of drug-likeness (QED) is 0.817. The predicted molar refractivity (Wildman–Crippen MR) is 65.7 cm³/mol. The fourth-order valence-electron chi connectivity index (χ4n) is 1.66. The van der Waals surface area contributed by atoms with Gasteiger partial charge < -0.3 is 10.1 Å². The van der Waals surface area contributed by atoms with Crippen molar-refractivity contribution >= 4 is 5.69 Å². The van der Waals surface area contributed by atoms with Gasteiger partial charge in [-0.3, -0.25) is 0 Å². The third-order valence-electron chi connectivity index (χ3n) is 2.52. The smallest absolute Gasteiger partial charge is 0.406 e. The third kappa shape index (κ3) is 5.80. The number of nitrogens with one attached hydrogen (secondary N) is 1. The van der Waals surface area contributed by atoms with Crippen molar-refractivity contribution in [3.63, 3.8) is 0 Å². The number of halogens is 3. The first-order chi connectivity index (χ1) is 8.40. The first-order valence-corrected chi connectivity index (χ1v) is 6.00. The molecule has 102 valence electrons. The molecule has 0 aromatic heterocycles. The Bertz CT molecular complexity index is 348. The second-order valence-corrected chi connectivity index (χ2v) is 4.35. The van der Waals surface area contributed by atoms with E-state index in [1.54, 1.807) is 12.1 Å². The molecule has 2 nitrogen and oxygen atoms in total. The normalized spacial score (nSPS) is 13.2. The van der Waals surface area contributed by atoms with E-state index in [9.17, 15) is 13.2 Å². The second kappa shape index (κ2) is 6.52. The van der Waals surface area contributed by atoms with Crippen molar-refractivity contribution in [3.8, 4) is 5.75 Å². The van der Waals surface area contributed by atoms with Crippen LogP contribution in [0.5, 0.6) is 5.75 Å². The highest BCUT2D eigenvalue weighted by Crippen LogP contribution is 2.24. The molecule has 0 heterocycles. The number of rotatable bonds is 6. The maximum Gasteiger partial charge on any atom is 0.573 e. The van der Waals surface area contributed by atoms with E-state index in [2.05, 4.69) is 23.9 Å². The molecule has 0 aliphatic rings. The van der Waals surface area contributed by atoms with Gasteiger partial charge in [-0.05, 0) is 36.6 Å². The fourth-order valence-corrected chi connectivity index (χ4v) is 1.66. The van der Waals surface area contributed by atoms with Crippen LogP contribution in [0.1, 0.15) is 26.7 Å². The minimum Gasteiger partial charge on any atom is -0.406 e. The van der Waals surface area contributed by atoms with E-state index in [1.807, 2.05) is 0 Å². The molecule has 0 aliphatic heterocycles. The van der Waals surface area contributed by atoms with Gasteiger partial charge >= 0.3 is 6.36 Å². The lowest BCUT2D eigenvalue weighted by Crippen LogP contribution is -2.17. The molecule has 18 heavy (non-hydrogen) atoms. The minimum atomic E-state index is -4.63. The SMILES string of the molecule is CCCC(C)CNc1ccc(OC(F)(F)F)cc1. The van der Waals surface area contributed by atoms with Gasteiger partial charge in [-0.25, -0.2) is 0 Å². The molecule has 1 rings (SSSR count). The van der Waals surface area contributed by atoms with Crippen molar-refractivity contribution in [1.29, 1.82) is 0 Å².